The molecule has 0 atom stereocenters. The average Bonchev–Trinajstić information content (AvgIpc) is 3.59. The van der Waals surface area contributed by atoms with E-state index in [1.54, 1.807) is 0 Å². The maximum atomic E-state index is 3.57. The number of allylic oxidation sites excluding steroid dienone is 5. The molecule has 8 aromatic rings. The van der Waals surface area contributed by atoms with Gasteiger partial charge in [-0.3, -0.25) is 0 Å². The van der Waals surface area contributed by atoms with Crippen molar-refractivity contribution in [3.63, 3.8) is 0 Å². The lowest BCUT2D eigenvalue weighted by atomic mass is 9.86. The molecule has 2 aliphatic carbocycles. The summed E-state index contributed by atoms with van der Waals surface area (Å²) in [4.78, 5) is 0. The van der Waals surface area contributed by atoms with Crippen molar-refractivity contribution in [2.45, 2.75) is 45.4 Å². The quantitative estimate of drug-likeness (QED) is 0.158. The SMILES string of the molecule is CC(C)(C)c1ccc(-c2ccc(-n3c4ccccc4c4cc(-c5ccc6c(c5)c5c(n6-c6ccccc6C6=CC=CCC6)C#CCC=C5)ccc43)cc2)cc1. The van der Waals surface area contributed by atoms with Crippen LogP contribution in [0.25, 0.3) is 78.0 Å². The third-order valence-corrected chi connectivity index (χ3v) is 11.4. The second-order valence-corrected chi connectivity index (χ2v) is 15.9. The van der Waals surface area contributed by atoms with Gasteiger partial charge in [0, 0.05) is 39.4 Å². The van der Waals surface area contributed by atoms with Gasteiger partial charge in [0.15, 0.2) is 0 Å². The van der Waals surface area contributed by atoms with Gasteiger partial charge >= 0.3 is 0 Å². The molecular weight excluding hydrogens is 665 g/mol. The molecule has 0 radical (unpaired) electrons. The minimum absolute atomic E-state index is 0.139. The minimum atomic E-state index is 0.139. The van der Waals surface area contributed by atoms with E-state index in [1.807, 2.05) is 0 Å². The van der Waals surface area contributed by atoms with Crippen molar-refractivity contribution in [2.24, 2.45) is 0 Å². The van der Waals surface area contributed by atoms with Gasteiger partial charge in [-0.1, -0.05) is 142 Å². The van der Waals surface area contributed by atoms with Gasteiger partial charge in [-0.2, -0.15) is 0 Å². The van der Waals surface area contributed by atoms with Crippen LogP contribution in [0.1, 0.15) is 62.4 Å². The van der Waals surface area contributed by atoms with Crippen molar-refractivity contribution in [3.05, 3.63) is 180 Å². The summed E-state index contributed by atoms with van der Waals surface area (Å²) in [6, 6.07) is 49.6. The van der Waals surface area contributed by atoms with Crippen LogP contribution < -0.4 is 0 Å². The molecule has 6 aromatic carbocycles. The van der Waals surface area contributed by atoms with Crippen LogP contribution in [-0.4, -0.2) is 9.13 Å². The lowest BCUT2D eigenvalue weighted by molar-refractivity contribution is 0.590. The summed E-state index contributed by atoms with van der Waals surface area (Å²) >= 11 is 0. The van der Waals surface area contributed by atoms with E-state index in [2.05, 4.69) is 206 Å². The highest BCUT2D eigenvalue weighted by Gasteiger charge is 2.21. The van der Waals surface area contributed by atoms with Crippen molar-refractivity contribution < 1.29 is 0 Å². The fourth-order valence-electron chi connectivity index (χ4n) is 8.57. The third kappa shape index (κ3) is 5.67. The monoisotopic (exact) mass is 706 g/mol. The zero-order valence-electron chi connectivity index (χ0n) is 31.6. The van der Waals surface area contributed by atoms with Crippen molar-refractivity contribution in [3.8, 4) is 45.5 Å². The molecule has 0 fully saturated rings. The van der Waals surface area contributed by atoms with E-state index in [-0.39, 0.29) is 5.41 Å². The number of fused-ring (bicyclic) bond motifs is 6. The molecule has 2 heterocycles. The molecule has 2 aromatic heterocycles. The van der Waals surface area contributed by atoms with Gasteiger partial charge in [0.25, 0.3) is 0 Å². The Labute approximate surface area is 323 Å². The van der Waals surface area contributed by atoms with Gasteiger partial charge in [-0.25, -0.2) is 0 Å². The number of rotatable bonds is 5. The Hall–Kier alpha value is -6.56. The first-order chi connectivity index (χ1) is 26.9. The molecule has 0 amide bonds. The van der Waals surface area contributed by atoms with Crippen LogP contribution in [0.3, 0.4) is 0 Å². The Bertz CT molecular complexity index is 2960. The van der Waals surface area contributed by atoms with Crippen LogP contribution in [-0.2, 0) is 5.41 Å². The molecule has 0 unspecified atom stereocenters. The summed E-state index contributed by atoms with van der Waals surface area (Å²) in [7, 11) is 0. The Morgan fingerprint density at radius 3 is 1.98 bits per heavy atom. The highest BCUT2D eigenvalue weighted by Crippen LogP contribution is 2.40. The molecule has 10 rings (SSSR count). The van der Waals surface area contributed by atoms with E-state index < -0.39 is 0 Å². The molecule has 0 saturated heterocycles. The maximum absolute atomic E-state index is 3.57. The summed E-state index contributed by atoms with van der Waals surface area (Å²) in [5.74, 6) is 6.97. The topological polar surface area (TPSA) is 9.86 Å². The fourth-order valence-corrected chi connectivity index (χ4v) is 8.57. The molecule has 0 N–H and O–H groups in total. The predicted octanol–water partition coefficient (Wildman–Crippen LogP) is 13.9. The van der Waals surface area contributed by atoms with E-state index in [0.717, 1.165) is 30.6 Å². The fraction of sp³-hybridized carbons (Fsp3) is 0.132. The summed E-state index contributed by atoms with van der Waals surface area (Å²) < 4.78 is 4.80. The van der Waals surface area contributed by atoms with Crippen LogP contribution in [0, 0.1) is 11.8 Å². The molecule has 0 aliphatic heterocycles. The van der Waals surface area contributed by atoms with Crippen LogP contribution >= 0.6 is 0 Å². The first-order valence-electron chi connectivity index (χ1n) is 19.5. The predicted molar refractivity (Wildman–Crippen MR) is 234 cm³/mol. The van der Waals surface area contributed by atoms with Gasteiger partial charge in [-0.15, -0.1) is 0 Å². The van der Waals surface area contributed by atoms with Gasteiger partial charge in [0.2, 0.25) is 0 Å². The zero-order valence-corrected chi connectivity index (χ0v) is 31.6. The molecular formula is C53H42N2. The number of para-hydroxylation sites is 2. The number of nitrogens with zero attached hydrogens (tertiary/aromatic N) is 2. The molecule has 2 nitrogen and oxygen atoms in total. The van der Waals surface area contributed by atoms with Gasteiger partial charge in [0.05, 0.1) is 22.2 Å². The second kappa shape index (κ2) is 13.1. The molecule has 264 valence electrons. The Morgan fingerprint density at radius 2 is 1.24 bits per heavy atom. The Morgan fingerprint density at radius 1 is 0.582 bits per heavy atom. The van der Waals surface area contributed by atoms with Gasteiger partial charge in [-0.05, 0) is 106 Å². The van der Waals surface area contributed by atoms with E-state index in [9.17, 15) is 0 Å². The van der Waals surface area contributed by atoms with Crippen LogP contribution in [0.5, 0.6) is 0 Å². The van der Waals surface area contributed by atoms with Crippen LogP contribution in [0.15, 0.2) is 158 Å². The Kier molecular flexibility index (Phi) is 7.86. The minimum Gasteiger partial charge on any atom is -0.309 e. The molecule has 0 saturated carbocycles. The van der Waals surface area contributed by atoms with E-state index in [1.165, 1.54) is 82.9 Å². The van der Waals surface area contributed by atoms with Crippen LogP contribution in [0.2, 0.25) is 0 Å². The summed E-state index contributed by atoms with van der Waals surface area (Å²) in [6.45, 7) is 6.78. The number of aromatic nitrogens is 2. The smallest absolute Gasteiger partial charge is 0.105 e. The molecule has 0 bridgehead atoms. The molecule has 2 aliphatic rings. The summed E-state index contributed by atoms with van der Waals surface area (Å²) in [6.07, 6.45) is 14.0. The van der Waals surface area contributed by atoms with Crippen molar-refractivity contribution in [1.82, 2.24) is 9.13 Å². The highest BCUT2D eigenvalue weighted by atomic mass is 15.0. The number of benzene rings is 6. The summed E-state index contributed by atoms with van der Waals surface area (Å²) in [5, 5.41) is 3.73. The lowest BCUT2D eigenvalue weighted by Crippen LogP contribution is -2.10. The second-order valence-electron chi connectivity index (χ2n) is 15.9. The van der Waals surface area contributed by atoms with Crippen molar-refractivity contribution >= 4 is 44.4 Å². The van der Waals surface area contributed by atoms with Gasteiger partial charge < -0.3 is 9.13 Å². The first kappa shape index (κ1) is 33.0. The number of hydrogen-bond donors (Lipinski definition) is 0. The average molecular weight is 707 g/mol. The summed E-state index contributed by atoms with van der Waals surface area (Å²) in [5.41, 5.74) is 17.2. The standard InChI is InChI=1S/C53H42N2/c1-53(2,3)41-28-22-36(23-29-41)37-24-30-42(31-25-37)54-49-21-13-11-18-44(49)46-34-39(26-32-51(46)54)40-27-33-52-47(35-40)45-17-8-5-9-19-50(45)55(52)48-20-12-10-16-43(48)38-14-6-4-7-15-38/h4,6,8,10-14,16-18,20-35H,5,7,15H2,1-3H3. The normalized spacial score (nSPS) is 13.8. The van der Waals surface area contributed by atoms with Gasteiger partial charge in [0.1, 0.15) is 5.69 Å². The maximum Gasteiger partial charge on any atom is 0.105 e. The highest BCUT2D eigenvalue weighted by molar-refractivity contribution is 6.11. The molecule has 55 heavy (non-hydrogen) atoms. The lowest BCUT2D eigenvalue weighted by Gasteiger charge is -2.19. The Balaban J connectivity index is 1.08. The third-order valence-electron chi connectivity index (χ3n) is 11.4. The first-order valence-corrected chi connectivity index (χ1v) is 19.5. The zero-order chi connectivity index (χ0) is 37.1. The number of hydrogen-bond acceptors (Lipinski definition) is 0. The van der Waals surface area contributed by atoms with E-state index in [4.69, 9.17) is 0 Å². The van der Waals surface area contributed by atoms with Crippen LogP contribution in [0.4, 0.5) is 0 Å². The molecule has 2 heteroatoms. The van der Waals surface area contributed by atoms with E-state index in [0.29, 0.717) is 0 Å². The van der Waals surface area contributed by atoms with E-state index >= 15 is 0 Å². The van der Waals surface area contributed by atoms with Crippen molar-refractivity contribution in [2.75, 3.05) is 0 Å². The largest absolute Gasteiger partial charge is 0.309 e. The molecule has 0 spiro atoms. The van der Waals surface area contributed by atoms with Crippen molar-refractivity contribution in [1.29, 1.82) is 0 Å².